The molecular formula is C14H19ClN2O3. The number of carbonyl (C=O) groups excluding carboxylic acids is 2. The Hall–Kier alpha value is -1.59. The lowest BCUT2D eigenvalue weighted by Crippen LogP contribution is -2.35. The zero-order valence-corrected chi connectivity index (χ0v) is 12.2. The highest BCUT2D eigenvalue weighted by atomic mass is 35.5. The highest BCUT2D eigenvalue weighted by Crippen LogP contribution is 2.13. The van der Waals surface area contributed by atoms with E-state index in [-0.39, 0.29) is 30.3 Å². The van der Waals surface area contributed by atoms with E-state index in [0.29, 0.717) is 17.9 Å². The summed E-state index contributed by atoms with van der Waals surface area (Å²) in [4.78, 5) is 23.3. The van der Waals surface area contributed by atoms with Crippen molar-refractivity contribution in [3.63, 3.8) is 0 Å². The lowest BCUT2D eigenvalue weighted by atomic mass is 10.2. The number of halogens is 1. The summed E-state index contributed by atoms with van der Waals surface area (Å²) in [7, 11) is 0. The molecular weight excluding hydrogens is 280 g/mol. The van der Waals surface area contributed by atoms with Gasteiger partial charge in [-0.25, -0.2) is 4.79 Å². The molecule has 1 unspecified atom stereocenters. The first-order chi connectivity index (χ1) is 9.20. The van der Waals surface area contributed by atoms with Gasteiger partial charge < -0.3 is 15.4 Å². The fourth-order valence-electron chi connectivity index (χ4n) is 2.04. The van der Waals surface area contributed by atoms with Crippen molar-refractivity contribution in [1.29, 1.82) is 0 Å². The Morgan fingerprint density at radius 2 is 2.05 bits per heavy atom. The van der Waals surface area contributed by atoms with Gasteiger partial charge >= 0.3 is 5.97 Å². The van der Waals surface area contributed by atoms with Crippen molar-refractivity contribution in [2.75, 3.05) is 18.5 Å². The smallest absolute Gasteiger partial charge is 0.338 e. The molecule has 1 aliphatic heterocycles. The molecule has 1 fully saturated rings. The standard InChI is InChI=1S/C14H18N2O3.ClH/c1-2-19-14(18)10-5-7-11(8-6-10)16-13(17)12-4-3-9-15-12;/h5-8,12,15H,2-4,9H2,1H3,(H,16,17);1H. The van der Waals surface area contributed by atoms with Crippen molar-refractivity contribution in [3.05, 3.63) is 29.8 Å². The molecule has 20 heavy (non-hydrogen) atoms. The second-order valence-corrected chi connectivity index (χ2v) is 4.44. The van der Waals surface area contributed by atoms with E-state index < -0.39 is 0 Å². The summed E-state index contributed by atoms with van der Waals surface area (Å²) in [5.74, 6) is -0.376. The summed E-state index contributed by atoms with van der Waals surface area (Å²) in [6.07, 6.45) is 1.90. The third-order valence-electron chi connectivity index (χ3n) is 3.04. The third-order valence-corrected chi connectivity index (χ3v) is 3.04. The summed E-state index contributed by atoms with van der Waals surface area (Å²) in [5.41, 5.74) is 1.17. The van der Waals surface area contributed by atoms with E-state index in [1.165, 1.54) is 0 Å². The van der Waals surface area contributed by atoms with Crippen LogP contribution in [0.1, 0.15) is 30.1 Å². The number of esters is 1. The molecule has 1 aliphatic rings. The van der Waals surface area contributed by atoms with Gasteiger partial charge in [0.2, 0.25) is 5.91 Å². The van der Waals surface area contributed by atoms with Crippen molar-refractivity contribution < 1.29 is 14.3 Å². The maximum absolute atomic E-state index is 11.9. The Morgan fingerprint density at radius 3 is 2.60 bits per heavy atom. The number of ether oxygens (including phenoxy) is 1. The minimum atomic E-state index is -0.349. The monoisotopic (exact) mass is 298 g/mol. The van der Waals surface area contributed by atoms with Crippen LogP contribution in [-0.2, 0) is 9.53 Å². The van der Waals surface area contributed by atoms with E-state index >= 15 is 0 Å². The molecule has 0 saturated carbocycles. The molecule has 6 heteroatoms. The molecule has 1 aromatic rings. The maximum atomic E-state index is 11.9. The Balaban J connectivity index is 0.00000200. The first kappa shape index (κ1) is 16.5. The topological polar surface area (TPSA) is 67.4 Å². The van der Waals surface area contributed by atoms with Crippen LogP contribution in [0.4, 0.5) is 5.69 Å². The predicted molar refractivity (Wildman–Crippen MR) is 79.3 cm³/mol. The Kier molecular flexibility index (Phi) is 6.48. The molecule has 110 valence electrons. The van der Waals surface area contributed by atoms with Crippen LogP contribution in [0, 0.1) is 0 Å². The van der Waals surface area contributed by atoms with Crippen molar-refractivity contribution in [2.24, 2.45) is 0 Å². The molecule has 1 atom stereocenters. The van der Waals surface area contributed by atoms with E-state index in [0.717, 1.165) is 19.4 Å². The van der Waals surface area contributed by atoms with Gasteiger partial charge in [-0.2, -0.15) is 0 Å². The SMILES string of the molecule is CCOC(=O)c1ccc(NC(=O)C2CCCN2)cc1.Cl. The fraction of sp³-hybridized carbons (Fsp3) is 0.429. The second kappa shape index (κ2) is 7.87. The summed E-state index contributed by atoms with van der Waals surface area (Å²) in [6, 6.07) is 6.61. The van der Waals surface area contributed by atoms with Gasteiger partial charge in [0.25, 0.3) is 0 Å². The molecule has 0 bridgehead atoms. The van der Waals surface area contributed by atoms with Crippen molar-refractivity contribution in [1.82, 2.24) is 5.32 Å². The second-order valence-electron chi connectivity index (χ2n) is 4.44. The van der Waals surface area contributed by atoms with Crippen molar-refractivity contribution >= 4 is 30.0 Å². The molecule has 1 heterocycles. The minimum Gasteiger partial charge on any atom is -0.462 e. The van der Waals surface area contributed by atoms with Gasteiger partial charge in [-0.1, -0.05) is 0 Å². The maximum Gasteiger partial charge on any atom is 0.338 e. The van der Waals surface area contributed by atoms with E-state index in [1.54, 1.807) is 31.2 Å². The average molecular weight is 299 g/mol. The summed E-state index contributed by atoms with van der Waals surface area (Å²) in [6.45, 7) is 3.01. The van der Waals surface area contributed by atoms with Crippen LogP contribution in [0.25, 0.3) is 0 Å². The first-order valence-electron chi connectivity index (χ1n) is 6.52. The number of amides is 1. The van der Waals surface area contributed by atoms with Gasteiger partial charge in [0.05, 0.1) is 18.2 Å². The predicted octanol–water partition coefficient (Wildman–Crippen LogP) is 1.98. The number of anilines is 1. The van der Waals surface area contributed by atoms with Crippen LogP contribution in [0.15, 0.2) is 24.3 Å². The Morgan fingerprint density at radius 1 is 1.35 bits per heavy atom. The average Bonchev–Trinajstić information content (AvgIpc) is 2.94. The Labute approximate surface area is 124 Å². The van der Waals surface area contributed by atoms with Gasteiger partial charge in [0.15, 0.2) is 0 Å². The lowest BCUT2D eigenvalue weighted by molar-refractivity contribution is -0.117. The number of rotatable bonds is 4. The summed E-state index contributed by atoms with van der Waals surface area (Å²) in [5, 5.41) is 5.97. The van der Waals surface area contributed by atoms with Gasteiger partial charge in [0, 0.05) is 5.69 Å². The van der Waals surface area contributed by atoms with Gasteiger partial charge in [0.1, 0.15) is 0 Å². The largest absolute Gasteiger partial charge is 0.462 e. The molecule has 0 aromatic heterocycles. The molecule has 2 rings (SSSR count). The minimum absolute atomic E-state index is 0. The van der Waals surface area contributed by atoms with E-state index in [2.05, 4.69) is 10.6 Å². The van der Waals surface area contributed by atoms with Gasteiger partial charge in [-0.05, 0) is 50.6 Å². The number of benzene rings is 1. The number of nitrogens with one attached hydrogen (secondary N) is 2. The van der Waals surface area contributed by atoms with Crippen LogP contribution in [-0.4, -0.2) is 31.1 Å². The van der Waals surface area contributed by atoms with Gasteiger partial charge in [-0.3, -0.25) is 4.79 Å². The highest BCUT2D eigenvalue weighted by Gasteiger charge is 2.21. The van der Waals surface area contributed by atoms with Crippen LogP contribution in [0.2, 0.25) is 0 Å². The summed E-state index contributed by atoms with van der Waals surface area (Å²) >= 11 is 0. The van der Waals surface area contributed by atoms with E-state index in [9.17, 15) is 9.59 Å². The molecule has 0 radical (unpaired) electrons. The van der Waals surface area contributed by atoms with E-state index in [1.807, 2.05) is 0 Å². The molecule has 0 aliphatic carbocycles. The molecule has 2 N–H and O–H groups in total. The molecule has 1 amide bonds. The van der Waals surface area contributed by atoms with Crippen molar-refractivity contribution in [3.8, 4) is 0 Å². The first-order valence-corrected chi connectivity index (χ1v) is 6.52. The van der Waals surface area contributed by atoms with Crippen LogP contribution in [0.3, 0.4) is 0 Å². The molecule has 1 aromatic carbocycles. The number of carbonyl (C=O) groups is 2. The number of hydrogen-bond acceptors (Lipinski definition) is 4. The third kappa shape index (κ3) is 4.21. The normalized spacial score (nSPS) is 17.1. The van der Waals surface area contributed by atoms with E-state index in [4.69, 9.17) is 4.74 Å². The fourth-order valence-corrected chi connectivity index (χ4v) is 2.04. The molecule has 5 nitrogen and oxygen atoms in total. The van der Waals surface area contributed by atoms with Gasteiger partial charge in [-0.15, -0.1) is 12.4 Å². The number of hydrogen-bond donors (Lipinski definition) is 2. The molecule has 1 saturated heterocycles. The highest BCUT2D eigenvalue weighted by molar-refractivity contribution is 5.96. The van der Waals surface area contributed by atoms with Crippen LogP contribution >= 0.6 is 12.4 Å². The van der Waals surface area contributed by atoms with Crippen molar-refractivity contribution in [2.45, 2.75) is 25.8 Å². The lowest BCUT2D eigenvalue weighted by Gasteiger charge is -2.11. The zero-order valence-electron chi connectivity index (χ0n) is 11.3. The van der Waals surface area contributed by atoms with Crippen LogP contribution < -0.4 is 10.6 Å². The van der Waals surface area contributed by atoms with Crippen LogP contribution in [0.5, 0.6) is 0 Å². The zero-order chi connectivity index (χ0) is 13.7. The Bertz CT molecular complexity index is 456. The molecule has 0 spiro atoms. The quantitative estimate of drug-likeness (QED) is 0.834. The summed E-state index contributed by atoms with van der Waals surface area (Å²) < 4.78 is 4.89.